The lowest BCUT2D eigenvalue weighted by Crippen LogP contribution is -2.19. The van der Waals surface area contributed by atoms with Crippen LogP contribution < -0.4 is 9.47 Å². The molecule has 0 radical (unpaired) electrons. The van der Waals surface area contributed by atoms with Crippen molar-refractivity contribution in [3.63, 3.8) is 0 Å². The van der Waals surface area contributed by atoms with Crippen molar-refractivity contribution < 1.29 is 26.7 Å². The molecule has 0 saturated heterocycles. The minimum absolute atomic E-state index is 0.378. The van der Waals surface area contributed by atoms with Crippen molar-refractivity contribution in [2.45, 2.75) is 10.5 Å². The first-order valence-electron chi connectivity index (χ1n) is 12.2. The number of halogens is 2. The fraction of sp³-hybridized carbons (Fsp3) is 0.125. The minimum atomic E-state index is -3.97. The molecule has 4 aromatic carbocycles. The highest BCUT2D eigenvalue weighted by molar-refractivity contribution is 7.92. The van der Waals surface area contributed by atoms with Crippen molar-refractivity contribution in [3.05, 3.63) is 143 Å². The van der Waals surface area contributed by atoms with Gasteiger partial charge in [0.1, 0.15) is 33.6 Å². The largest absolute Gasteiger partial charge is 0.497 e. The summed E-state index contributed by atoms with van der Waals surface area (Å²) >= 11 is 0. The zero-order valence-electron chi connectivity index (χ0n) is 21.5. The number of ether oxygens (including phenoxy) is 2. The fourth-order valence-corrected chi connectivity index (χ4v) is 6.09. The van der Waals surface area contributed by atoms with Crippen molar-refractivity contribution in [2.24, 2.45) is 0 Å². The molecule has 0 aliphatic heterocycles. The van der Waals surface area contributed by atoms with E-state index in [9.17, 15) is 17.2 Å². The molecule has 0 aliphatic rings. The van der Waals surface area contributed by atoms with E-state index in [1.54, 1.807) is 97.1 Å². The van der Waals surface area contributed by atoms with E-state index in [0.717, 1.165) is 0 Å². The summed E-state index contributed by atoms with van der Waals surface area (Å²) in [5.74, 6) is 0.439. The Hall–Kier alpha value is -4.23. The SMILES string of the molecule is COc1ccc(C(/C=C/c2ccc(F)cc2)S(=O)(=O)C(/C=C/c2ccc(F)cc2)c2ccc(OC)cc2)cc1. The van der Waals surface area contributed by atoms with Crippen molar-refractivity contribution in [2.75, 3.05) is 14.2 Å². The van der Waals surface area contributed by atoms with Gasteiger partial charge in [0, 0.05) is 0 Å². The van der Waals surface area contributed by atoms with Gasteiger partial charge in [-0.15, -0.1) is 0 Å². The third-order valence-electron chi connectivity index (χ3n) is 6.26. The number of rotatable bonds is 10. The van der Waals surface area contributed by atoms with Gasteiger partial charge in [0.15, 0.2) is 9.84 Å². The molecule has 0 aromatic heterocycles. The molecule has 0 saturated carbocycles. The summed E-state index contributed by atoms with van der Waals surface area (Å²) in [6, 6.07) is 25.3. The van der Waals surface area contributed by atoms with Gasteiger partial charge in [-0.2, -0.15) is 0 Å². The summed E-state index contributed by atoms with van der Waals surface area (Å²) in [4.78, 5) is 0. The number of benzene rings is 4. The van der Waals surface area contributed by atoms with Gasteiger partial charge in [0.2, 0.25) is 0 Å². The molecule has 0 N–H and O–H groups in total. The molecule has 39 heavy (non-hydrogen) atoms. The summed E-state index contributed by atoms with van der Waals surface area (Å²) in [5.41, 5.74) is 2.41. The number of hydrogen-bond acceptors (Lipinski definition) is 4. The van der Waals surface area contributed by atoms with Crippen LogP contribution in [0.3, 0.4) is 0 Å². The third-order valence-corrected chi connectivity index (χ3v) is 8.54. The molecule has 4 aromatic rings. The summed E-state index contributed by atoms with van der Waals surface area (Å²) in [7, 11) is -0.890. The van der Waals surface area contributed by atoms with Gasteiger partial charge >= 0.3 is 0 Å². The van der Waals surface area contributed by atoms with E-state index < -0.39 is 20.3 Å². The van der Waals surface area contributed by atoms with E-state index in [2.05, 4.69) is 0 Å². The van der Waals surface area contributed by atoms with Crippen LogP contribution in [-0.2, 0) is 9.84 Å². The van der Waals surface area contributed by atoms with Crippen LogP contribution >= 0.6 is 0 Å². The molecule has 2 unspecified atom stereocenters. The molecule has 0 heterocycles. The summed E-state index contributed by atoms with van der Waals surface area (Å²) in [5, 5.41) is -2.09. The molecular formula is C32H28F2O4S. The van der Waals surface area contributed by atoms with Crippen molar-refractivity contribution >= 4 is 22.0 Å². The minimum Gasteiger partial charge on any atom is -0.497 e. The van der Waals surface area contributed by atoms with E-state index in [4.69, 9.17) is 9.47 Å². The van der Waals surface area contributed by atoms with Crippen LogP contribution in [0.1, 0.15) is 32.8 Å². The highest BCUT2D eigenvalue weighted by Gasteiger charge is 2.33. The summed E-state index contributed by atoms with van der Waals surface area (Å²) < 4.78 is 66.2. The lowest BCUT2D eigenvalue weighted by Gasteiger charge is -2.22. The predicted octanol–water partition coefficient (Wildman–Crippen LogP) is 7.61. The van der Waals surface area contributed by atoms with E-state index in [-0.39, 0.29) is 11.6 Å². The maximum absolute atomic E-state index is 14.4. The second-order valence-electron chi connectivity index (χ2n) is 8.80. The average molecular weight is 547 g/mol. The lowest BCUT2D eigenvalue weighted by molar-refractivity contribution is 0.414. The standard InChI is InChI=1S/C32H28F2O4S/c1-37-29-17-9-25(10-18-29)31(21-7-23-3-13-27(33)14-4-23)39(35,36)32(26-11-19-30(38-2)20-12-26)22-8-24-5-15-28(34)16-6-24/h3-22,31-32H,1-2H3/b21-7+,22-8+. The van der Waals surface area contributed by atoms with Gasteiger partial charge in [0.25, 0.3) is 0 Å². The van der Waals surface area contributed by atoms with Gasteiger partial charge in [-0.25, -0.2) is 17.2 Å². The van der Waals surface area contributed by atoms with Crippen LogP contribution in [0, 0.1) is 11.6 Å². The lowest BCUT2D eigenvalue weighted by atomic mass is 10.1. The topological polar surface area (TPSA) is 52.6 Å². The Morgan fingerprint density at radius 3 is 1.21 bits per heavy atom. The maximum atomic E-state index is 14.4. The fourth-order valence-electron chi connectivity index (χ4n) is 4.11. The smallest absolute Gasteiger partial charge is 0.171 e. The number of hydrogen-bond donors (Lipinski definition) is 0. The molecule has 0 aliphatic carbocycles. The summed E-state index contributed by atoms with van der Waals surface area (Å²) in [6.45, 7) is 0. The highest BCUT2D eigenvalue weighted by atomic mass is 32.2. The normalized spacial score (nSPS) is 13.4. The molecule has 4 rings (SSSR count). The van der Waals surface area contributed by atoms with Gasteiger partial charge in [-0.1, -0.05) is 72.8 Å². The predicted molar refractivity (Wildman–Crippen MR) is 151 cm³/mol. The molecule has 0 fully saturated rings. The van der Waals surface area contributed by atoms with Crippen LogP contribution in [0.5, 0.6) is 11.5 Å². The molecule has 4 nitrogen and oxygen atoms in total. The van der Waals surface area contributed by atoms with Crippen LogP contribution in [0.25, 0.3) is 12.2 Å². The Morgan fingerprint density at radius 2 is 0.897 bits per heavy atom. The van der Waals surface area contributed by atoms with Crippen LogP contribution in [0.4, 0.5) is 8.78 Å². The Bertz CT molecular complexity index is 1410. The number of methoxy groups -OCH3 is 2. The van der Waals surface area contributed by atoms with Gasteiger partial charge in [-0.3, -0.25) is 0 Å². The second-order valence-corrected chi connectivity index (χ2v) is 11.0. The second kappa shape index (κ2) is 12.5. The molecule has 200 valence electrons. The van der Waals surface area contributed by atoms with Crippen LogP contribution in [0.15, 0.2) is 109 Å². The highest BCUT2D eigenvalue weighted by Crippen LogP contribution is 2.38. The quantitative estimate of drug-likeness (QED) is 0.205. The van der Waals surface area contributed by atoms with Crippen molar-refractivity contribution in [1.82, 2.24) is 0 Å². The molecule has 0 bridgehead atoms. The molecule has 2 atom stereocenters. The molecule has 7 heteroatoms. The van der Waals surface area contributed by atoms with E-state index in [0.29, 0.717) is 33.8 Å². The number of sulfone groups is 1. The zero-order chi connectivity index (χ0) is 27.8. The van der Waals surface area contributed by atoms with Crippen LogP contribution in [0.2, 0.25) is 0 Å². The Morgan fingerprint density at radius 1 is 0.564 bits per heavy atom. The first-order chi connectivity index (χ1) is 18.8. The van der Waals surface area contributed by atoms with Crippen molar-refractivity contribution in [3.8, 4) is 11.5 Å². The molecule has 0 amide bonds. The van der Waals surface area contributed by atoms with E-state index in [1.165, 1.54) is 38.5 Å². The average Bonchev–Trinajstić information content (AvgIpc) is 2.95. The zero-order valence-corrected chi connectivity index (χ0v) is 22.3. The Balaban J connectivity index is 1.82. The Kier molecular flexibility index (Phi) is 8.94. The maximum Gasteiger partial charge on any atom is 0.171 e. The summed E-state index contributed by atoms with van der Waals surface area (Å²) in [6.07, 6.45) is 6.54. The van der Waals surface area contributed by atoms with Crippen molar-refractivity contribution in [1.29, 1.82) is 0 Å². The van der Waals surface area contributed by atoms with E-state index in [1.807, 2.05) is 0 Å². The van der Waals surface area contributed by atoms with Gasteiger partial charge in [-0.05, 0) is 70.8 Å². The Labute approximate surface area is 227 Å². The van der Waals surface area contributed by atoms with Crippen LogP contribution in [-0.4, -0.2) is 22.6 Å². The first kappa shape index (κ1) is 27.8. The monoisotopic (exact) mass is 546 g/mol. The molecular weight excluding hydrogens is 518 g/mol. The molecule has 0 spiro atoms. The van der Waals surface area contributed by atoms with Gasteiger partial charge in [0.05, 0.1) is 14.2 Å². The van der Waals surface area contributed by atoms with Gasteiger partial charge < -0.3 is 9.47 Å². The third kappa shape index (κ3) is 7.00. The van der Waals surface area contributed by atoms with E-state index >= 15 is 0 Å². The first-order valence-corrected chi connectivity index (χ1v) is 13.8.